The Bertz CT molecular complexity index is 546. The molecule has 0 spiro atoms. The number of aromatic nitrogens is 2. The van der Waals surface area contributed by atoms with Crippen molar-refractivity contribution >= 4 is 17.8 Å². The van der Waals surface area contributed by atoms with Gasteiger partial charge in [-0.1, -0.05) is 19.8 Å². The number of hydrogen-bond acceptors (Lipinski definition) is 5. The van der Waals surface area contributed by atoms with Gasteiger partial charge in [-0.05, 0) is 13.3 Å². The summed E-state index contributed by atoms with van der Waals surface area (Å²) in [5.74, 6) is 0.347. The molecular weight excluding hydrogens is 294 g/mol. The Labute approximate surface area is 137 Å². The maximum Gasteiger partial charge on any atom is 0.257 e. The van der Waals surface area contributed by atoms with E-state index in [1.54, 1.807) is 16.8 Å². The molecule has 7 heteroatoms. The molecule has 1 fully saturated rings. The lowest BCUT2D eigenvalue weighted by atomic mass is 10.0. The summed E-state index contributed by atoms with van der Waals surface area (Å²) in [5, 5.41) is 2.99. The molecule has 23 heavy (non-hydrogen) atoms. The second-order valence-electron chi connectivity index (χ2n) is 5.74. The molecular formula is C16H25N5O2. The second kappa shape index (κ2) is 7.89. The van der Waals surface area contributed by atoms with Gasteiger partial charge < -0.3 is 15.1 Å². The van der Waals surface area contributed by atoms with Gasteiger partial charge in [0.1, 0.15) is 6.04 Å². The SMILES string of the molecule is CCCC[C@H]1C(=O)N(C)CCN1C(=O)c1cnc(NCC)nc1. The third-order valence-corrected chi connectivity index (χ3v) is 4.04. The van der Waals surface area contributed by atoms with Crippen molar-refractivity contribution in [3.8, 4) is 0 Å². The highest BCUT2D eigenvalue weighted by atomic mass is 16.2. The first-order valence-electron chi connectivity index (χ1n) is 8.20. The number of rotatable bonds is 6. The molecule has 0 radical (unpaired) electrons. The van der Waals surface area contributed by atoms with E-state index < -0.39 is 0 Å². The molecule has 1 aliphatic heterocycles. The first kappa shape index (κ1) is 17.2. The van der Waals surface area contributed by atoms with Crippen LogP contribution in [0.5, 0.6) is 0 Å². The summed E-state index contributed by atoms with van der Waals surface area (Å²) >= 11 is 0. The van der Waals surface area contributed by atoms with Gasteiger partial charge in [-0.3, -0.25) is 9.59 Å². The minimum atomic E-state index is -0.380. The van der Waals surface area contributed by atoms with Crippen molar-refractivity contribution < 1.29 is 9.59 Å². The summed E-state index contributed by atoms with van der Waals surface area (Å²) in [6.07, 6.45) is 5.65. The summed E-state index contributed by atoms with van der Waals surface area (Å²) in [5.41, 5.74) is 0.422. The highest BCUT2D eigenvalue weighted by Gasteiger charge is 2.35. The molecule has 1 aromatic heterocycles. The Hall–Kier alpha value is -2.18. The van der Waals surface area contributed by atoms with Crippen LogP contribution < -0.4 is 5.32 Å². The molecule has 0 aliphatic carbocycles. The topological polar surface area (TPSA) is 78.4 Å². The number of anilines is 1. The highest BCUT2D eigenvalue weighted by molar-refractivity contribution is 5.97. The molecule has 0 aromatic carbocycles. The predicted molar refractivity (Wildman–Crippen MR) is 88.2 cm³/mol. The van der Waals surface area contributed by atoms with Gasteiger partial charge in [-0.25, -0.2) is 9.97 Å². The van der Waals surface area contributed by atoms with Crippen LogP contribution in [0.15, 0.2) is 12.4 Å². The number of nitrogens with one attached hydrogen (secondary N) is 1. The Morgan fingerprint density at radius 3 is 2.61 bits per heavy atom. The first-order chi connectivity index (χ1) is 11.1. The van der Waals surface area contributed by atoms with Gasteiger partial charge in [0.25, 0.3) is 5.91 Å². The second-order valence-corrected chi connectivity index (χ2v) is 5.74. The third kappa shape index (κ3) is 3.97. The van der Waals surface area contributed by atoms with Gasteiger partial charge in [0, 0.05) is 39.1 Å². The predicted octanol–water partition coefficient (Wildman–Crippen LogP) is 1.38. The van der Waals surface area contributed by atoms with Gasteiger partial charge in [-0.15, -0.1) is 0 Å². The molecule has 0 bridgehead atoms. The fourth-order valence-electron chi connectivity index (χ4n) is 2.69. The van der Waals surface area contributed by atoms with Gasteiger partial charge in [-0.2, -0.15) is 0 Å². The molecule has 2 amide bonds. The van der Waals surface area contributed by atoms with E-state index >= 15 is 0 Å². The van der Waals surface area contributed by atoms with Crippen LogP contribution in [0.25, 0.3) is 0 Å². The number of piperazine rings is 1. The van der Waals surface area contributed by atoms with E-state index in [4.69, 9.17) is 0 Å². The van der Waals surface area contributed by atoms with E-state index in [0.29, 0.717) is 31.0 Å². The molecule has 1 saturated heterocycles. The van der Waals surface area contributed by atoms with Crippen LogP contribution in [-0.4, -0.2) is 64.3 Å². The normalized spacial score (nSPS) is 18.2. The standard InChI is InChI=1S/C16H25N5O2/c1-4-6-7-13-15(23)20(3)8-9-21(13)14(22)12-10-18-16(17-5-2)19-11-12/h10-11,13H,4-9H2,1-3H3,(H,17,18,19)/t13-/m0/s1. The smallest absolute Gasteiger partial charge is 0.257 e. The van der Waals surface area contributed by atoms with Crippen molar-refractivity contribution in [1.82, 2.24) is 19.8 Å². The lowest BCUT2D eigenvalue weighted by Crippen LogP contribution is -2.57. The number of likely N-dealkylation sites (N-methyl/N-ethyl adjacent to an activating group) is 1. The van der Waals surface area contributed by atoms with Crippen molar-refractivity contribution in [3.05, 3.63) is 18.0 Å². The van der Waals surface area contributed by atoms with Gasteiger partial charge in [0.2, 0.25) is 11.9 Å². The quantitative estimate of drug-likeness (QED) is 0.857. The van der Waals surface area contributed by atoms with E-state index in [0.717, 1.165) is 19.4 Å². The van der Waals surface area contributed by atoms with Crippen LogP contribution in [0.2, 0.25) is 0 Å². The maximum atomic E-state index is 12.7. The average molecular weight is 319 g/mol. The van der Waals surface area contributed by atoms with Crippen LogP contribution in [0, 0.1) is 0 Å². The van der Waals surface area contributed by atoms with Gasteiger partial charge >= 0.3 is 0 Å². The van der Waals surface area contributed by atoms with Gasteiger partial charge in [0.15, 0.2) is 0 Å². The molecule has 2 heterocycles. The summed E-state index contributed by atoms with van der Waals surface area (Å²) < 4.78 is 0. The number of nitrogens with zero attached hydrogens (tertiary/aromatic N) is 4. The van der Waals surface area contributed by atoms with E-state index in [1.807, 2.05) is 6.92 Å². The zero-order valence-corrected chi connectivity index (χ0v) is 14.1. The van der Waals surface area contributed by atoms with E-state index in [2.05, 4.69) is 22.2 Å². The zero-order valence-electron chi connectivity index (χ0n) is 14.1. The molecule has 0 saturated carbocycles. The number of carbonyl (C=O) groups is 2. The minimum absolute atomic E-state index is 0.0169. The lowest BCUT2D eigenvalue weighted by molar-refractivity contribution is -0.138. The fourth-order valence-corrected chi connectivity index (χ4v) is 2.69. The molecule has 7 nitrogen and oxygen atoms in total. The Morgan fingerprint density at radius 2 is 2.00 bits per heavy atom. The highest BCUT2D eigenvalue weighted by Crippen LogP contribution is 2.19. The van der Waals surface area contributed by atoms with Crippen LogP contribution in [-0.2, 0) is 4.79 Å². The fraction of sp³-hybridized carbons (Fsp3) is 0.625. The Morgan fingerprint density at radius 1 is 1.30 bits per heavy atom. The molecule has 126 valence electrons. The number of amides is 2. The molecule has 1 atom stereocenters. The minimum Gasteiger partial charge on any atom is -0.355 e. The monoisotopic (exact) mass is 319 g/mol. The van der Waals surface area contributed by atoms with Crippen molar-refractivity contribution in [2.45, 2.75) is 39.2 Å². The van der Waals surface area contributed by atoms with Crippen LogP contribution in [0.3, 0.4) is 0 Å². The Balaban J connectivity index is 2.15. The Kier molecular flexibility index (Phi) is 5.90. The van der Waals surface area contributed by atoms with Crippen molar-refractivity contribution in [2.24, 2.45) is 0 Å². The van der Waals surface area contributed by atoms with Crippen LogP contribution >= 0.6 is 0 Å². The molecule has 0 unspecified atom stereocenters. The average Bonchev–Trinajstić information content (AvgIpc) is 2.56. The largest absolute Gasteiger partial charge is 0.355 e. The molecule has 2 rings (SSSR count). The van der Waals surface area contributed by atoms with Crippen LogP contribution in [0.4, 0.5) is 5.95 Å². The van der Waals surface area contributed by atoms with Crippen molar-refractivity contribution in [2.75, 3.05) is 32.0 Å². The summed E-state index contributed by atoms with van der Waals surface area (Å²) in [6.45, 7) is 5.86. The van der Waals surface area contributed by atoms with Crippen molar-refractivity contribution in [3.63, 3.8) is 0 Å². The van der Waals surface area contributed by atoms with Crippen molar-refractivity contribution in [1.29, 1.82) is 0 Å². The van der Waals surface area contributed by atoms with Crippen LogP contribution in [0.1, 0.15) is 43.5 Å². The third-order valence-electron chi connectivity index (χ3n) is 4.04. The zero-order chi connectivity index (χ0) is 16.8. The molecule has 1 N–H and O–H groups in total. The first-order valence-corrected chi connectivity index (χ1v) is 8.20. The summed E-state index contributed by atoms with van der Waals surface area (Å²) in [4.78, 5) is 36.8. The maximum absolute atomic E-state index is 12.7. The number of hydrogen-bond donors (Lipinski definition) is 1. The number of unbranched alkanes of at least 4 members (excludes halogenated alkanes) is 1. The van der Waals surface area contributed by atoms with E-state index in [9.17, 15) is 9.59 Å². The molecule has 1 aliphatic rings. The molecule has 1 aromatic rings. The van der Waals surface area contributed by atoms with E-state index in [1.165, 1.54) is 12.4 Å². The van der Waals surface area contributed by atoms with E-state index in [-0.39, 0.29) is 17.9 Å². The van der Waals surface area contributed by atoms with Gasteiger partial charge in [0.05, 0.1) is 5.56 Å². The summed E-state index contributed by atoms with van der Waals surface area (Å²) in [6, 6.07) is -0.380. The lowest BCUT2D eigenvalue weighted by Gasteiger charge is -2.39. The number of carbonyl (C=O) groups excluding carboxylic acids is 2. The summed E-state index contributed by atoms with van der Waals surface area (Å²) in [7, 11) is 1.79.